The van der Waals surface area contributed by atoms with Gasteiger partial charge in [0, 0.05) is 36.9 Å². The molecule has 1 heterocycles. The van der Waals surface area contributed by atoms with E-state index in [1.54, 1.807) is 0 Å². The number of anilines is 3. The summed E-state index contributed by atoms with van der Waals surface area (Å²) in [6.45, 7) is 0. The Labute approximate surface area is 237 Å². The monoisotopic (exact) mass is 527 g/mol. The van der Waals surface area contributed by atoms with Crippen LogP contribution < -0.4 is 4.90 Å². The minimum absolute atomic E-state index is 1.14. The van der Waals surface area contributed by atoms with E-state index >= 15 is 0 Å². The minimum Gasteiger partial charge on any atom is -0.310 e. The fourth-order valence-electron chi connectivity index (χ4n) is 5.95. The standard InChI is InChI=1S/C38H25NS/c1-2-11-26(12-3-1)29-15-10-16-30(23-29)39(31-22-21-27-13-4-5-14-28(27)24-31)35-25-37-38(33-18-7-6-17-32(33)35)34-19-8-9-20-36(34)40-37/h1-25H. The molecule has 1 nitrogen and oxygen atoms in total. The van der Waals surface area contributed by atoms with Gasteiger partial charge < -0.3 is 4.90 Å². The van der Waals surface area contributed by atoms with Crippen molar-refractivity contribution in [2.24, 2.45) is 0 Å². The summed E-state index contributed by atoms with van der Waals surface area (Å²) < 4.78 is 2.63. The fraction of sp³-hybridized carbons (Fsp3) is 0. The molecule has 0 radical (unpaired) electrons. The SMILES string of the molecule is c1ccc(-c2cccc(N(c3ccc4ccccc4c3)c3cc4sc5ccccc5c4c4ccccc34)c2)cc1. The van der Waals surface area contributed by atoms with Crippen molar-refractivity contribution >= 4 is 70.1 Å². The van der Waals surface area contributed by atoms with Gasteiger partial charge in [-0.2, -0.15) is 0 Å². The second-order valence-electron chi connectivity index (χ2n) is 10.2. The Morgan fingerprint density at radius 3 is 1.95 bits per heavy atom. The van der Waals surface area contributed by atoms with Gasteiger partial charge in [-0.1, -0.05) is 115 Å². The molecule has 0 saturated carbocycles. The van der Waals surface area contributed by atoms with Crippen LogP contribution in [0.15, 0.2) is 152 Å². The molecule has 0 aliphatic carbocycles. The summed E-state index contributed by atoms with van der Waals surface area (Å²) in [4.78, 5) is 2.44. The van der Waals surface area contributed by atoms with E-state index in [0.29, 0.717) is 0 Å². The van der Waals surface area contributed by atoms with Crippen molar-refractivity contribution in [2.75, 3.05) is 4.90 Å². The van der Waals surface area contributed by atoms with Crippen LogP contribution in [0.25, 0.3) is 52.8 Å². The van der Waals surface area contributed by atoms with Gasteiger partial charge in [0.2, 0.25) is 0 Å². The van der Waals surface area contributed by atoms with E-state index in [4.69, 9.17) is 0 Å². The highest BCUT2D eigenvalue weighted by Crippen LogP contribution is 2.46. The molecule has 0 amide bonds. The zero-order valence-electron chi connectivity index (χ0n) is 21.8. The third kappa shape index (κ3) is 3.77. The van der Waals surface area contributed by atoms with Crippen LogP contribution in [0, 0.1) is 0 Å². The van der Waals surface area contributed by atoms with Gasteiger partial charge in [0.25, 0.3) is 0 Å². The highest BCUT2D eigenvalue weighted by Gasteiger charge is 2.20. The summed E-state index contributed by atoms with van der Waals surface area (Å²) in [5, 5.41) is 7.69. The van der Waals surface area contributed by atoms with Crippen molar-refractivity contribution in [3.05, 3.63) is 152 Å². The first-order chi connectivity index (χ1) is 19.8. The van der Waals surface area contributed by atoms with Crippen LogP contribution in [-0.2, 0) is 0 Å². The molecule has 0 N–H and O–H groups in total. The van der Waals surface area contributed by atoms with Gasteiger partial charge in [-0.15, -0.1) is 11.3 Å². The molecule has 1 aromatic heterocycles. The van der Waals surface area contributed by atoms with E-state index < -0.39 is 0 Å². The maximum absolute atomic E-state index is 2.44. The Kier molecular flexibility index (Phi) is 5.39. The number of benzene rings is 7. The van der Waals surface area contributed by atoms with Gasteiger partial charge in [0.15, 0.2) is 0 Å². The fourth-order valence-corrected chi connectivity index (χ4v) is 7.11. The average molecular weight is 528 g/mol. The molecular weight excluding hydrogens is 502 g/mol. The largest absolute Gasteiger partial charge is 0.310 e. The summed E-state index contributed by atoms with van der Waals surface area (Å²) in [6.07, 6.45) is 0. The van der Waals surface area contributed by atoms with Crippen molar-refractivity contribution in [1.82, 2.24) is 0 Å². The number of hydrogen-bond donors (Lipinski definition) is 0. The van der Waals surface area contributed by atoms with Crippen molar-refractivity contribution < 1.29 is 0 Å². The first-order valence-electron chi connectivity index (χ1n) is 13.6. The summed E-state index contributed by atoms with van der Waals surface area (Å²) in [7, 11) is 0. The van der Waals surface area contributed by atoms with Crippen LogP contribution in [0.4, 0.5) is 17.1 Å². The number of thiophene rings is 1. The van der Waals surface area contributed by atoms with Gasteiger partial charge in [-0.05, 0) is 63.7 Å². The van der Waals surface area contributed by atoms with Gasteiger partial charge in [0.05, 0.1) is 5.69 Å². The number of fused-ring (bicyclic) bond motifs is 6. The Morgan fingerprint density at radius 1 is 0.400 bits per heavy atom. The van der Waals surface area contributed by atoms with Crippen LogP contribution in [0.5, 0.6) is 0 Å². The van der Waals surface area contributed by atoms with E-state index in [1.807, 2.05) is 11.3 Å². The van der Waals surface area contributed by atoms with Crippen molar-refractivity contribution in [3.63, 3.8) is 0 Å². The molecule has 0 bridgehead atoms. The Morgan fingerprint density at radius 2 is 1.07 bits per heavy atom. The summed E-state index contributed by atoms with van der Waals surface area (Å²) >= 11 is 1.87. The lowest BCUT2D eigenvalue weighted by Crippen LogP contribution is -2.10. The molecule has 0 saturated heterocycles. The molecule has 0 unspecified atom stereocenters. The van der Waals surface area contributed by atoms with Gasteiger partial charge in [-0.25, -0.2) is 0 Å². The third-order valence-electron chi connectivity index (χ3n) is 7.81. The maximum atomic E-state index is 2.44. The third-order valence-corrected chi connectivity index (χ3v) is 8.92. The number of hydrogen-bond acceptors (Lipinski definition) is 2. The molecule has 8 rings (SSSR count). The predicted octanol–water partition coefficient (Wildman–Crippen LogP) is 11.5. The topological polar surface area (TPSA) is 3.24 Å². The quantitative estimate of drug-likeness (QED) is 0.220. The molecule has 0 spiro atoms. The molecule has 0 aliphatic rings. The highest BCUT2D eigenvalue weighted by molar-refractivity contribution is 7.26. The maximum Gasteiger partial charge on any atom is 0.0554 e. The zero-order chi connectivity index (χ0) is 26.5. The summed E-state index contributed by atoms with van der Waals surface area (Å²) in [5.41, 5.74) is 5.90. The molecule has 7 aromatic carbocycles. The first-order valence-corrected chi connectivity index (χ1v) is 14.4. The molecule has 8 aromatic rings. The van der Waals surface area contributed by atoms with E-state index in [2.05, 4.69) is 157 Å². The Hall–Kier alpha value is -4.92. The van der Waals surface area contributed by atoms with E-state index in [9.17, 15) is 0 Å². The van der Waals surface area contributed by atoms with Crippen LogP contribution >= 0.6 is 11.3 Å². The van der Waals surface area contributed by atoms with Gasteiger partial charge >= 0.3 is 0 Å². The van der Waals surface area contributed by atoms with Crippen LogP contribution in [-0.4, -0.2) is 0 Å². The lowest BCUT2D eigenvalue weighted by molar-refractivity contribution is 1.31. The molecule has 0 aliphatic heterocycles. The van der Waals surface area contributed by atoms with Gasteiger partial charge in [0.1, 0.15) is 0 Å². The van der Waals surface area contributed by atoms with E-state index in [1.165, 1.54) is 58.5 Å². The van der Waals surface area contributed by atoms with Crippen LogP contribution in [0.3, 0.4) is 0 Å². The lowest BCUT2D eigenvalue weighted by Gasteiger charge is -2.28. The smallest absolute Gasteiger partial charge is 0.0554 e. The summed E-state index contributed by atoms with van der Waals surface area (Å²) in [6, 6.07) is 55.0. The average Bonchev–Trinajstić information content (AvgIpc) is 3.40. The Balaban J connectivity index is 1.44. The molecule has 2 heteroatoms. The van der Waals surface area contributed by atoms with Crippen LogP contribution in [0.1, 0.15) is 0 Å². The second-order valence-corrected chi connectivity index (χ2v) is 11.3. The minimum atomic E-state index is 1.14. The Bertz CT molecular complexity index is 2170. The van der Waals surface area contributed by atoms with E-state index in [-0.39, 0.29) is 0 Å². The number of rotatable bonds is 4. The zero-order valence-corrected chi connectivity index (χ0v) is 22.6. The normalized spacial score (nSPS) is 11.5. The van der Waals surface area contributed by atoms with Crippen molar-refractivity contribution in [2.45, 2.75) is 0 Å². The number of nitrogens with zero attached hydrogens (tertiary/aromatic N) is 1. The molecular formula is C38H25NS. The predicted molar refractivity (Wildman–Crippen MR) is 174 cm³/mol. The summed E-state index contributed by atoms with van der Waals surface area (Å²) in [5.74, 6) is 0. The lowest BCUT2D eigenvalue weighted by atomic mass is 9.99. The molecule has 188 valence electrons. The molecule has 0 fully saturated rings. The van der Waals surface area contributed by atoms with E-state index in [0.717, 1.165) is 11.4 Å². The molecule has 40 heavy (non-hydrogen) atoms. The molecule has 0 atom stereocenters. The highest BCUT2D eigenvalue weighted by atomic mass is 32.1. The first kappa shape index (κ1) is 23.0. The van der Waals surface area contributed by atoms with Crippen molar-refractivity contribution in [1.29, 1.82) is 0 Å². The van der Waals surface area contributed by atoms with Crippen LogP contribution in [0.2, 0.25) is 0 Å². The van der Waals surface area contributed by atoms with Crippen molar-refractivity contribution in [3.8, 4) is 11.1 Å². The second kappa shape index (κ2) is 9.37. The van der Waals surface area contributed by atoms with Gasteiger partial charge in [-0.3, -0.25) is 0 Å².